The van der Waals surface area contributed by atoms with Crippen LogP contribution in [0.5, 0.6) is 5.75 Å². The molecule has 0 unspecified atom stereocenters. The van der Waals surface area contributed by atoms with Gasteiger partial charge in [-0.3, -0.25) is 14.9 Å². The molecular weight excluding hydrogens is 544 g/mol. The Hall–Kier alpha value is -3.31. The molecule has 2 aromatic carbocycles. The minimum atomic E-state index is -0.685. The lowest BCUT2D eigenvalue weighted by molar-refractivity contribution is -0.385. The maximum absolute atomic E-state index is 13.2. The standard InChI is InChI=1S/C23H22BrClN4O6/c1-4-13(3)22-27-18-7-6-15(24)10-16(18)23(31)28(22)26-11-14-8-17(25)21(19(9-14)29(32)33)35-12-20(30)34-5-2/h6-11,13H,4-5,12H2,1-3H3/t13-/m0/s1. The van der Waals surface area contributed by atoms with E-state index in [4.69, 9.17) is 21.1 Å². The number of ether oxygens (including phenoxy) is 2. The predicted molar refractivity (Wildman–Crippen MR) is 136 cm³/mol. The van der Waals surface area contributed by atoms with Crippen molar-refractivity contribution < 1.29 is 19.2 Å². The van der Waals surface area contributed by atoms with E-state index in [1.165, 1.54) is 23.0 Å². The molecule has 10 nitrogen and oxygen atoms in total. The number of rotatable bonds is 9. The van der Waals surface area contributed by atoms with Crippen LogP contribution in [0.4, 0.5) is 5.69 Å². The zero-order chi connectivity index (χ0) is 25.7. The smallest absolute Gasteiger partial charge is 0.344 e. The first-order valence-electron chi connectivity index (χ1n) is 10.7. The van der Waals surface area contributed by atoms with Crippen molar-refractivity contribution in [1.29, 1.82) is 0 Å². The number of esters is 1. The first-order valence-corrected chi connectivity index (χ1v) is 11.9. The van der Waals surface area contributed by atoms with Crippen LogP contribution in [0, 0.1) is 10.1 Å². The zero-order valence-corrected chi connectivity index (χ0v) is 21.5. The first-order chi connectivity index (χ1) is 16.7. The molecule has 35 heavy (non-hydrogen) atoms. The van der Waals surface area contributed by atoms with Gasteiger partial charge in [0.2, 0.25) is 5.75 Å². The van der Waals surface area contributed by atoms with Crippen LogP contribution in [0.25, 0.3) is 10.9 Å². The van der Waals surface area contributed by atoms with Crippen LogP contribution >= 0.6 is 27.5 Å². The van der Waals surface area contributed by atoms with Gasteiger partial charge in [-0.2, -0.15) is 9.78 Å². The van der Waals surface area contributed by atoms with Crippen molar-refractivity contribution in [2.24, 2.45) is 5.10 Å². The Morgan fingerprint density at radius 3 is 2.74 bits per heavy atom. The number of carbonyl (C=O) groups is 1. The fraction of sp³-hybridized carbons (Fsp3) is 0.304. The second-order valence-corrected chi connectivity index (χ2v) is 8.83. The van der Waals surface area contributed by atoms with E-state index < -0.39 is 23.2 Å². The summed E-state index contributed by atoms with van der Waals surface area (Å²) in [7, 11) is 0. The Morgan fingerprint density at radius 2 is 2.09 bits per heavy atom. The number of carbonyl (C=O) groups excluding carboxylic acids is 1. The summed E-state index contributed by atoms with van der Waals surface area (Å²) in [5.74, 6) is -0.574. The Balaban J connectivity index is 2.06. The molecule has 0 aliphatic carbocycles. The monoisotopic (exact) mass is 564 g/mol. The highest BCUT2D eigenvalue weighted by Crippen LogP contribution is 2.36. The van der Waals surface area contributed by atoms with Crippen molar-refractivity contribution in [3.05, 3.63) is 71.7 Å². The van der Waals surface area contributed by atoms with Crippen LogP contribution in [0.1, 0.15) is 44.5 Å². The summed E-state index contributed by atoms with van der Waals surface area (Å²) in [4.78, 5) is 40.4. The van der Waals surface area contributed by atoms with Crippen LogP contribution in [0.2, 0.25) is 5.02 Å². The van der Waals surface area contributed by atoms with Crippen LogP contribution in [-0.2, 0) is 9.53 Å². The molecule has 0 bridgehead atoms. The van der Waals surface area contributed by atoms with Crippen molar-refractivity contribution in [1.82, 2.24) is 9.66 Å². The maximum Gasteiger partial charge on any atom is 0.344 e. The van der Waals surface area contributed by atoms with Gasteiger partial charge in [-0.1, -0.05) is 41.4 Å². The number of nitro benzene ring substituents is 1. The molecule has 0 saturated carbocycles. The van der Waals surface area contributed by atoms with Gasteiger partial charge in [0.15, 0.2) is 6.61 Å². The number of benzene rings is 2. The number of hydrogen-bond acceptors (Lipinski definition) is 8. The van der Waals surface area contributed by atoms with Crippen molar-refractivity contribution in [2.75, 3.05) is 13.2 Å². The third kappa shape index (κ3) is 6.04. The molecule has 0 spiro atoms. The quantitative estimate of drug-likeness (QED) is 0.154. The van der Waals surface area contributed by atoms with Gasteiger partial charge in [0.1, 0.15) is 5.82 Å². The molecular formula is C23H22BrClN4O6. The highest BCUT2D eigenvalue weighted by atomic mass is 79.9. The summed E-state index contributed by atoms with van der Waals surface area (Å²) in [5, 5.41) is 16.2. The summed E-state index contributed by atoms with van der Waals surface area (Å²) < 4.78 is 11.9. The lowest BCUT2D eigenvalue weighted by Gasteiger charge is -2.14. The highest BCUT2D eigenvalue weighted by Gasteiger charge is 2.22. The van der Waals surface area contributed by atoms with E-state index >= 15 is 0 Å². The second kappa shape index (κ2) is 11.4. The second-order valence-electron chi connectivity index (χ2n) is 7.50. The van der Waals surface area contributed by atoms with E-state index in [1.54, 1.807) is 25.1 Å². The summed E-state index contributed by atoms with van der Waals surface area (Å²) in [6.45, 7) is 5.13. The highest BCUT2D eigenvalue weighted by molar-refractivity contribution is 9.10. The van der Waals surface area contributed by atoms with Gasteiger partial charge in [0.05, 0.1) is 33.7 Å². The Bertz CT molecular complexity index is 1370. The molecule has 0 radical (unpaired) electrons. The van der Waals surface area contributed by atoms with Gasteiger partial charge >= 0.3 is 11.7 Å². The van der Waals surface area contributed by atoms with E-state index in [-0.39, 0.29) is 34.4 Å². The topological polar surface area (TPSA) is 126 Å². The predicted octanol–water partition coefficient (Wildman–Crippen LogP) is 5.06. The summed E-state index contributed by atoms with van der Waals surface area (Å²) >= 11 is 9.58. The molecule has 1 aromatic heterocycles. The molecule has 0 fully saturated rings. The van der Waals surface area contributed by atoms with Crippen molar-refractivity contribution >= 4 is 56.3 Å². The van der Waals surface area contributed by atoms with Gasteiger partial charge < -0.3 is 9.47 Å². The molecule has 184 valence electrons. The van der Waals surface area contributed by atoms with Gasteiger partial charge in [-0.15, -0.1) is 0 Å². The summed E-state index contributed by atoms with van der Waals surface area (Å²) in [5.41, 5.74) is -0.0422. The third-order valence-corrected chi connectivity index (χ3v) is 5.87. The van der Waals surface area contributed by atoms with Gasteiger partial charge in [-0.05, 0) is 37.6 Å². The average molecular weight is 566 g/mol. The number of nitro groups is 1. The molecule has 0 aliphatic heterocycles. The number of fused-ring (bicyclic) bond motifs is 1. The van der Waals surface area contributed by atoms with Crippen molar-refractivity contribution in [3.8, 4) is 5.75 Å². The largest absolute Gasteiger partial charge is 0.474 e. The minimum Gasteiger partial charge on any atom is -0.474 e. The van der Waals surface area contributed by atoms with Gasteiger partial charge in [0, 0.05) is 22.0 Å². The van der Waals surface area contributed by atoms with Crippen molar-refractivity contribution in [3.63, 3.8) is 0 Å². The fourth-order valence-electron chi connectivity index (χ4n) is 3.19. The van der Waals surface area contributed by atoms with Crippen LogP contribution in [0.3, 0.4) is 0 Å². The van der Waals surface area contributed by atoms with E-state index in [0.717, 1.165) is 4.47 Å². The van der Waals surface area contributed by atoms with Crippen LogP contribution < -0.4 is 10.3 Å². The third-order valence-electron chi connectivity index (χ3n) is 5.09. The molecule has 0 aliphatic rings. The van der Waals surface area contributed by atoms with E-state index in [9.17, 15) is 19.7 Å². The molecule has 12 heteroatoms. The SMILES string of the molecule is CCOC(=O)COc1c(Cl)cc(C=Nn2c([C@@H](C)CC)nc3ccc(Br)cc3c2=O)cc1[N+](=O)[O-]. The fourth-order valence-corrected chi connectivity index (χ4v) is 3.83. The molecule has 1 heterocycles. The normalized spacial score (nSPS) is 12.1. The lowest BCUT2D eigenvalue weighted by Crippen LogP contribution is -2.23. The summed E-state index contributed by atoms with van der Waals surface area (Å²) in [6.07, 6.45) is 2.00. The molecule has 0 saturated heterocycles. The Morgan fingerprint density at radius 1 is 1.34 bits per heavy atom. The lowest BCUT2D eigenvalue weighted by atomic mass is 10.1. The Kier molecular flexibility index (Phi) is 8.57. The zero-order valence-electron chi connectivity index (χ0n) is 19.2. The molecule has 3 rings (SSSR count). The summed E-state index contributed by atoms with van der Waals surface area (Å²) in [6, 6.07) is 7.79. The van der Waals surface area contributed by atoms with Gasteiger partial charge in [0.25, 0.3) is 5.56 Å². The maximum atomic E-state index is 13.2. The molecule has 3 aromatic rings. The number of halogens is 2. The Labute approximate surface area is 213 Å². The van der Waals surface area contributed by atoms with Crippen molar-refractivity contribution in [2.45, 2.75) is 33.1 Å². The molecule has 0 N–H and O–H groups in total. The number of hydrogen-bond donors (Lipinski definition) is 0. The molecule has 0 amide bonds. The van der Waals surface area contributed by atoms with E-state index in [0.29, 0.717) is 23.1 Å². The number of nitrogens with zero attached hydrogens (tertiary/aromatic N) is 4. The van der Waals surface area contributed by atoms with E-state index in [2.05, 4.69) is 26.0 Å². The average Bonchev–Trinajstić information content (AvgIpc) is 2.82. The van der Waals surface area contributed by atoms with E-state index in [1.807, 2.05) is 13.8 Å². The first kappa shape index (κ1) is 26.3. The van der Waals surface area contributed by atoms with Crippen LogP contribution in [-0.4, -0.2) is 40.0 Å². The number of aromatic nitrogens is 2. The molecule has 1 atom stereocenters. The minimum absolute atomic E-state index is 0.0792. The van der Waals surface area contributed by atoms with Crippen LogP contribution in [0.15, 0.2) is 44.7 Å². The van der Waals surface area contributed by atoms with Gasteiger partial charge in [-0.25, -0.2) is 9.78 Å².